The molecule has 2 aromatic rings. The molecular formula is C16H19BrFN3O2S2. The molecule has 0 atom stereocenters. The summed E-state index contributed by atoms with van der Waals surface area (Å²) in [5.41, 5.74) is 0. The van der Waals surface area contributed by atoms with Crippen molar-refractivity contribution >= 4 is 43.1 Å². The Bertz CT molecular complexity index is 853. The Labute approximate surface area is 159 Å². The quantitative estimate of drug-likeness (QED) is 0.545. The monoisotopic (exact) mass is 447 g/mol. The first kappa shape index (κ1) is 19.9. The molecular weight excluding hydrogens is 429 g/mol. The van der Waals surface area contributed by atoms with Crippen LogP contribution in [0.25, 0.3) is 0 Å². The first-order valence-electron chi connectivity index (χ1n) is 7.47. The fourth-order valence-corrected chi connectivity index (χ4v) is 5.01. The minimum Gasteiger partial charge on any atom is -0.355 e. The molecule has 2 rings (SSSR count). The van der Waals surface area contributed by atoms with Gasteiger partial charge in [0.1, 0.15) is 10.7 Å². The minimum absolute atomic E-state index is 0.141. The van der Waals surface area contributed by atoms with Crippen LogP contribution in [-0.2, 0) is 16.4 Å². The number of hydrogen-bond acceptors (Lipinski definition) is 4. The van der Waals surface area contributed by atoms with E-state index in [1.807, 2.05) is 24.1 Å². The van der Waals surface area contributed by atoms with Gasteiger partial charge in [-0.2, -0.15) is 0 Å². The van der Waals surface area contributed by atoms with E-state index in [-0.39, 0.29) is 17.2 Å². The number of rotatable bonds is 6. The van der Waals surface area contributed by atoms with E-state index < -0.39 is 15.7 Å². The summed E-state index contributed by atoms with van der Waals surface area (Å²) in [6.45, 7) is 0.790. The van der Waals surface area contributed by atoms with Crippen LogP contribution in [0.15, 0.2) is 50.1 Å². The lowest BCUT2D eigenvalue weighted by atomic mass is 10.3. The first-order valence-corrected chi connectivity index (χ1v) is 10.7. The molecule has 0 bridgehead atoms. The van der Waals surface area contributed by atoms with Gasteiger partial charge in [0.15, 0.2) is 15.8 Å². The SMILES string of the molecule is CN=C(NCCS(=O)(=O)c1ccccc1F)N(C)Cc1ccc(Br)s1. The van der Waals surface area contributed by atoms with Crippen molar-refractivity contribution in [1.82, 2.24) is 10.2 Å². The molecule has 9 heteroatoms. The van der Waals surface area contributed by atoms with Gasteiger partial charge in [0.2, 0.25) is 0 Å². The van der Waals surface area contributed by atoms with Gasteiger partial charge in [0.05, 0.1) is 16.1 Å². The summed E-state index contributed by atoms with van der Waals surface area (Å²) < 4.78 is 39.2. The fourth-order valence-electron chi connectivity index (χ4n) is 2.23. The third-order valence-corrected chi connectivity index (χ3v) is 6.77. The van der Waals surface area contributed by atoms with Crippen molar-refractivity contribution in [3.8, 4) is 0 Å². The number of halogens is 2. The fraction of sp³-hybridized carbons (Fsp3) is 0.312. The van der Waals surface area contributed by atoms with Gasteiger partial charge in [-0.3, -0.25) is 4.99 Å². The number of nitrogens with zero attached hydrogens (tertiary/aromatic N) is 2. The van der Waals surface area contributed by atoms with Gasteiger partial charge in [0.25, 0.3) is 0 Å². The van der Waals surface area contributed by atoms with Crippen LogP contribution in [-0.4, -0.2) is 45.7 Å². The molecule has 25 heavy (non-hydrogen) atoms. The molecule has 1 heterocycles. The molecule has 0 fully saturated rings. The minimum atomic E-state index is -3.69. The second-order valence-corrected chi connectivity index (χ2v) is 9.91. The number of hydrogen-bond donors (Lipinski definition) is 1. The molecule has 0 spiro atoms. The number of guanidine groups is 1. The molecule has 0 amide bonds. The van der Waals surface area contributed by atoms with Crippen LogP contribution in [0.1, 0.15) is 4.88 Å². The predicted molar refractivity (Wildman–Crippen MR) is 103 cm³/mol. The third kappa shape index (κ3) is 5.52. The highest BCUT2D eigenvalue weighted by atomic mass is 79.9. The summed E-state index contributed by atoms with van der Waals surface area (Å²) in [4.78, 5) is 6.93. The Morgan fingerprint density at radius 3 is 2.64 bits per heavy atom. The highest BCUT2D eigenvalue weighted by Crippen LogP contribution is 2.23. The van der Waals surface area contributed by atoms with E-state index in [1.54, 1.807) is 18.4 Å². The van der Waals surface area contributed by atoms with Gasteiger partial charge in [-0.15, -0.1) is 11.3 Å². The second-order valence-electron chi connectivity index (χ2n) is 5.29. The summed E-state index contributed by atoms with van der Waals surface area (Å²) in [6.07, 6.45) is 0. The van der Waals surface area contributed by atoms with Crippen molar-refractivity contribution in [2.24, 2.45) is 4.99 Å². The molecule has 1 aromatic heterocycles. The van der Waals surface area contributed by atoms with E-state index in [2.05, 4.69) is 26.2 Å². The molecule has 1 aromatic carbocycles. The van der Waals surface area contributed by atoms with Crippen molar-refractivity contribution in [1.29, 1.82) is 0 Å². The van der Waals surface area contributed by atoms with Gasteiger partial charge >= 0.3 is 0 Å². The number of nitrogens with one attached hydrogen (secondary N) is 1. The Balaban J connectivity index is 1.93. The smallest absolute Gasteiger partial charge is 0.193 e. The van der Waals surface area contributed by atoms with Crippen molar-refractivity contribution in [2.45, 2.75) is 11.4 Å². The van der Waals surface area contributed by atoms with E-state index in [0.717, 1.165) is 14.7 Å². The lowest BCUT2D eigenvalue weighted by molar-refractivity contribution is 0.483. The van der Waals surface area contributed by atoms with Gasteiger partial charge < -0.3 is 10.2 Å². The van der Waals surface area contributed by atoms with Gasteiger partial charge in [-0.05, 0) is 40.2 Å². The average Bonchev–Trinajstić information content (AvgIpc) is 2.96. The predicted octanol–water partition coefficient (Wildman–Crippen LogP) is 3.13. The lowest BCUT2D eigenvalue weighted by Gasteiger charge is -2.21. The van der Waals surface area contributed by atoms with Crippen LogP contribution in [0.4, 0.5) is 4.39 Å². The zero-order valence-corrected chi connectivity index (χ0v) is 17.1. The molecule has 5 nitrogen and oxygen atoms in total. The standard InChI is InChI=1S/C16H19BrFN3O2S2/c1-19-16(21(2)11-12-7-8-15(17)24-12)20-9-10-25(22,23)14-6-4-3-5-13(14)18/h3-8H,9-11H2,1-2H3,(H,19,20). The van der Waals surface area contributed by atoms with Crippen molar-refractivity contribution < 1.29 is 12.8 Å². The Kier molecular flexibility index (Phi) is 6.97. The van der Waals surface area contributed by atoms with Crippen molar-refractivity contribution in [3.63, 3.8) is 0 Å². The van der Waals surface area contributed by atoms with Crippen LogP contribution in [0.5, 0.6) is 0 Å². The molecule has 0 aliphatic rings. The van der Waals surface area contributed by atoms with Crippen molar-refractivity contribution in [3.05, 3.63) is 50.9 Å². The van der Waals surface area contributed by atoms with E-state index >= 15 is 0 Å². The maximum atomic E-state index is 13.7. The zero-order chi connectivity index (χ0) is 18.4. The molecule has 1 N–H and O–H groups in total. The molecule has 136 valence electrons. The Morgan fingerprint density at radius 2 is 2.04 bits per heavy atom. The van der Waals surface area contributed by atoms with Gasteiger partial charge in [-0.1, -0.05) is 12.1 Å². The summed E-state index contributed by atoms with van der Waals surface area (Å²) >= 11 is 5.05. The van der Waals surface area contributed by atoms with E-state index in [9.17, 15) is 12.8 Å². The third-order valence-electron chi connectivity index (χ3n) is 3.42. The van der Waals surface area contributed by atoms with E-state index in [0.29, 0.717) is 12.5 Å². The second kappa shape index (κ2) is 8.77. The first-order chi connectivity index (χ1) is 11.8. The summed E-state index contributed by atoms with van der Waals surface area (Å²) in [5, 5.41) is 3.01. The normalized spacial score (nSPS) is 12.2. The number of benzene rings is 1. The number of aliphatic imine (C=N–C) groups is 1. The highest BCUT2D eigenvalue weighted by Gasteiger charge is 2.19. The largest absolute Gasteiger partial charge is 0.355 e. The topological polar surface area (TPSA) is 61.8 Å². The zero-order valence-electron chi connectivity index (χ0n) is 13.9. The molecule has 0 radical (unpaired) electrons. The van der Waals surface area contributed by atoms with Crippen LogP contribution >= 0.6 is 27.3 Å². The number of sulfone groups is 1. The number of thiophene rings is 1. The van der Waals surface area contributed by atoms with Crippen LogP contribution in [0.2, 0.25) is 0 Å². The molecule has 0 saturated heterocycles. The Hall–Kier alpha value is -1.45. The van der Waals surface area contributed by atoms with Crippen LogP contribution in [0, 0.1) is 5.82 Å². The Morgan fingerprint density at radius 1 is 1.32 bits per heavy atom. The summed E-state index contributed by atoms with van der Waals surface area (Å²) in [6, 6.07) is 9.39. The summed E-state index contributed by atoms with van der Waals surface area (Å²) in [7, 11) is -0.188. The summed E-state index contributed by atoms with van der Waals surface area (Å²) in [5.74, 6) is -0.369. The van der Waals surface area contributed by atoms with Crippen LogP contribution < -0.4 is 5.32 Å². The van der Waals surface area contributed by atoms with Gasteiger partial charge in [-0.25, -0.2) is 12.8 Å². The molecule has 0 saturated carbocycles. The highest BCUT2D eigenvalue weighted by molar-refractivity contribution is 9.11. The van der Waals surface area contributed by atoms with E-state index in [4.69, 9.17) is 0 Å². The van der Waals surface area contributed by atoms with Crippen molar-refractivity contribution in [2.75, 3.05) is 26.4 Å². The van der Waals surface area contributed by atoms with E-state index in [1.165, 1.54) is 18.2 Å². The molecule has 0 aliphatic heterocycles. The average molecular weight is 448 g/mol. The maximum absolute atomic E-state index is 13.7. The van der Waals surface area contributed by atoms with Crippen LogP contribution in [0.3, 0.4) is 0 Å². The molecule has 0 unspecified atom stereocenters. The van der Waals surface area contributed by atoms with Gasteiger partial charge in [0, 0.05) is 25.5 Å². The molecule has 0 aliphatic carbocycles. The maximum Gasteiger partial charge on any atom is 0.193 e. The lowest BCUT2D eigenvalue weighted by Crippen LogP contribution is -2.40.